The molecule has 5 nitrogen and oxygen atoms in total. The Kier molecular flexibility index (Phi) is 5.86. The van der Waals surface area contributed by atoms with Crippen molar-refractivity contribution < 1.29 is 13.2 Å². The van der Waals surface area contributed by atoms with E-state index in [-0.39, 0.29) is 16.2 Å². The minimum absolute atomic E-state index is 0.129. The predicted octanol–water partition coefficient (Wildman–Crippen LogP) is 4.37. The molecule has 1 heterocycles. The summed E-state index contributed by atoms with van der Waals surface area (Å²) in [5, 5.41) is 4.71. The molecule has 0 saturated heterocycles. The van der Waals surface area contributed by atoms with Crippen LogP contribution in [0.15, 0.2) is 70.3 Å². The van der Waals surface area contributed by atoms with Crippen molar-refractivity contribution in [2.24, 2.45) is 0 Å². The molecule has 28 heavy (non-hydrogen) atoms. The van der Waals surface area contributed by atoms with E-state index >= 15 is 0 Å². The van der Waals surface area contributed by atoms with Crippen LogP contribution < -0.4 is 9.62 Å². The third kappa shape index (κ3) is 4.10. The van der Waals surface area contributed by atoms with Gasteiger partial charge in [0.15, 0.2) is 0 Å². The van der Waals surface area contributed by atoms with Gasteiger partial charge < -0.3 is 5.32 Å². The maximum absolute atomic E-state index is 12.6. The second-order valence-corrected chi connectivity index (χ2v) is 9.65. The molecule has 3 rings (SSSR count). The van der Waals surface area contributed by atoms with E-state index in [4.69, 9.17) is 0 Å². The Hall–Kier alpha value is -2.64. The number of aryl methyl sites for hydroxylation is 1. The van der Waals surface area contributed by atoms with Crippen LogP contribution in [0.5, 0.6) is 0 Å². The van der Waals surface area contributed by atoms with Gasteiger partial charge in [0.05, 0.1) is 11.7 Å². The first-order valence-corrected chi connectivity index (χ1v) is 11.1. The summed E-state index contributed by atoms with van der Waals surface area (Å²) in [6.45, 7) is 3.95. The molecular weight excluding hydrogens is 392 g/mol. The largest absolute Gasteiger partial charge is 0.346 e. The number of benzene rings is 2. The molecule has 1 amide bonds. The highest BCUT2D eigenvalue weighted by Crippen LogP contribution is 2.25. The Bertz CT molecular complexity index is 1060. The number of hydrogen-bond donors (Lipinski definition) is 1. The summed E-state index contributed by atoms with van der Waals surface area (Å²) in [5.41, 5.74) is 3.16. The Labute approximate surface area is 169 Å². The van der Waals surface area contributed by atoms with E-state index in [1.165, 1.54) is 22.7 Å². The van der Waals surface area contributed by atoms with Gasteiger partial charge in [-0.3, -0.25) is 9.10 Å². The molecule has 0 saturated carbocycles. The molecule has 0 spiro atoms. The molecule has 0 radical (unpaired) electrons. The van der Waals surface area contributed by atoms with Crippen molar-refractivity contribution in [2.75, 3.05) is 11.4 Å². The topological polar surface area (TPSA) is 66.5 Å². The van der Waals surface area contributed by atoms with E-state index in [9.17, 15) is 13.2 Å². The highest BCUT2D eigenvalue weighted by Gasteiger charge is 2.22. The van der Waals surface area contributed by atoms with Gasteiger partial charge in [-0.05, 0) is 60.7 Å². The van der Waals surface area contributed by atoms with E-state index in [0.717, 1.165) is 11.1 Å². The number of carbonyl (C=O) groups excluding carboxylic acids is 1. The number of nitrogens with zero attached hydrogens (tertiary/aromatic N) is 1. The van der Waals surface area contributed by atoms with Crippen LogP contribution in [0.3, 0.4) is 0 Å². The number of carbonyl (C=O) groups is 1. The minimum atomic E-state index is -3.59. The van der Waals surface area contributed by atoms with Gasteiger partial charge in [-0.15, -0.1) is 11.3 Å². The van der Waals surface area contributed by atoms with Gasteiger partial charge in [0.1, 0.15) is 4.21 Å². The normalized spacial score (nSPS) is 12.4. The molecule has 0 unspecified atom stereocenters. The fourth-order valence-electron chi connectivity index (χ4n) is 2.94. The zero-order valence-corrected chi connectivity index (χ0v) is 17.5. The summed E-state index contributed by atoms with van der Waals surface area (Å²) < 4.78 is 26.7. The zero-order chi connectivity index (χ0) is 20.3. The quantitative estimate of drug-likeness (QED) is 0.651. The third-order valence-electron chi connectivity index (χ3n) is 4.61. The van der Waals surface area contributed by atoms with E-state index in [0.29, 0.717) is 11.3 Å². The van der Waals surface area contributed by atoms with Crippen LogP contribution in [0.25, 0.3) is 0 Å². The fourth-order valence-corrected chi connectivity index (χ4v) is 5.29. The molecule has 1 atom stereocenters. The maximum atomic E-state index is 12.6. The van der Waals surface area contributed by atoms with Gasteiger partial charge >= 0.3 is 0 Å². The van der Waals surface area contributed by atoms with Crippen molar-refractivity contribution in [3.8, 4) is 0 Å². The number of thiophene rings is 1. The molecule has 0 fully saturated rings. The molecule has 0 bridgehead atoms. The summed E-state index contributed by atoms with van der Waals surface area (Å²) in [6.07, 6.45) is 0. The summed E-state index contributed by atoms with van der Waals surface area (Å²) in [5.74, 6) is -0.203. The Morgan fingerprint density at radius 3 is 2.32 bits per heavy atom. The Morgan fingerprint density at radius 1 is 1.04 bits per heavy atom. The van der Waals surface area contributed by atoms with Gasteiger partial charge in [0.25, 0.3) is 15.9 Å². The first kappa shape index (κ1) is 20.1. The third-order valence-corrected chi connectivity index (χ3v) is 7.76. The van der Waals surface area contributed by atoms with Gasteiger partial charge in [-0.25, -0.2) is 8.42 Å². The van der Waals surface area contributed by atoms with Crippen LogP contribution in [-0.4, -0.2) is 21.4 Å². The number of amides is 1. The van der Waals surface area contributed by atoms with Crippen LogP contribution in [0.4, 0.5) is 5.69 Å². The average Bonchev–Trinajstić information content (AvgIpc) is 3.23. The van der Waals surface area contributed by atoms with Crippen molar-refractivity contribution in [1.82, 2.24) is 5.32 Å². The van der Waals surface area contributed by atoms with E-state index in [2.05, 4.69) is 5.32 Å². The lowest BCUT2D eigenvalue weighted by molar-refractivity contribution is 0.0940. The van der Waals surface area contributed by atoms with Crippen LogP contribution in [-0.2, 0) is 10.0 Å². The van der Waals surface area contributed by atoms with Crippen LogP contribution in [0, 0.1) is 6.92 Å². The predicted molar refractivity (Wildman–Crippen MR) is 113 cm³/mol. The summed E-state index contributed by atoms with van der Waals surface area (Å²) >= 11 is 1.17. The maximum Gasteiger partial charge on any atom is 0.273 e. The number of nitrogens with one attached hydrogen (secondary N) is 1. The van der Waals surface area contributed by atoms with Crippen molar-refractivity contribution in [1.29, 1.82) is 0 Å². The van der Waals surface area contributed by atoms with Crippen molar-refractivity contribution in [3.63, 3.8) is 0 Å². The molecule has 3 aromatic rings. The first-order valence-electron chi connectivity index (χ1n) is 8.79. The molecule has 1 aromatic heterocycles. The number of hydrogen-bond acceptors (Lipinski definition) is 4. The van der Waals surface area contributed by atoms with E-state index < -0.39 is 10.0 Å². The van der Waals surface area contributed by atoms with Gasteiger partial charge in [-0.1, -0.05) is 30.3 Å². The molecular formula is C21H22N2O3S2. The highest BCUT2D eigenvalue weighted by atomic mass is 32.2. The van der Waals surface area contributed by atoms with Crippen molar-refractivity contribution >= 4 is 33.0 Å². The zero-order valence-electron chi connectivity index (χ0n) is 15.9. The number of rotatable bonds is 6. The lowest BCUT2D eigenvalue weighted by atomic mass is 10.0. The van der Waals surface area contributed by atoms with Crippen LogP contribution in [0.1, 0.15) is 34.5 Å². The lowest BCUT2D eigenvalue weighted by Gasteiger charge is -2.19. The van der Waals surface area contributed by atoms with Crippen molar-refractivity contribution in [3.05, 3.63) is 82.7 Å². The van der Waals surface area contributed by atoms with Crippen molar-refractivity contribution in [2.45, 2.75) is 24.1 Å². The molecule has 0 aliphatic rings. The SMILES string of the molecule is Cc1ccccc1[C@H](C)NC(=O)c1ccc(N(C)S(=O)(=O)c2cccs2)cc1. The van der Waals surface area contributed by atoms with E-state index in [1.807, 2.05) is 38.1 Å². The standard InChI is InChI=1S/C21H22N2O3S2/c1-15-7-4-5-8-19(15)16(2)22-21(24)17-10-12-18(13-11-17)23(3)28(25,26)20-9-6-14-27-20/h4-14,16H,1-3H3,(H,22,24)/t16-/m0/s1. The highest BCUT2D eigenvalue weighted by molar-refractivity contribution is 7.94. The van der Waals surface area contributed by atoms with Gasteiger partial charge in [0, 0.05) is 12.6 Å². The van der Waals surface area contributed by atoms with E-state index in [1.54, 1.807) is 41.8 Å². The molecule has 1 N–H and O–H groups in total. The number of anilines is 1. The molecule has 2 aromatic carbocycles. The fraction of sp³-hybridized carbons (Fsp3) is 0.190. The average molecular weight is 415 g/mol. The Balaban J connectivity index is 1.73. The minimum Gasteiger partial charge on any atom is -0.346 e. The summed E-state index contributed by atoms with van der Waals surface area (Å²) in [7, 11) is -2.09. The second-order valence-electron chi connectivity index (χ2n) is 6.50. The van der Waals surface area contributed by atoms with Gasteiger partial charge in [0.2, 0.25) is 0 Å². The lowest BCUT2D eigenvalue weighted by Crippen LogP contribution is -2.28. The molecule has 0 aliphatic carbocycles. The monoisotopic (exact) mass is 414 g/mol. The Morgan fingerprint density at radius 2 is 1.71 bits per heavy atom. The number of sulfonamides is 1. The van der Waals surface area contributed by atoms with Crippen LogP contribution >= 0.6 is 11.3 Å². The van der Waals surface area contributed by atoms with Crippen LogP contribution in [0.2, 0.25) is 0 Å². The molecule has 146 valence electrons. The first-order chi connectivity index (χ1) is 13.3. The second kappa shape index (κ2) is 8.16. The summed E-state index contributed by atoms with van der Waals surface area (Å²) in [4.78, 5) is 12.6. The summed E-state index contributed by atoms with van der Waals surface area (Å²) in [6, 6.07) is 17.6. The smallest absolute Gasteiger partial charge is 0.273 e. The molecule has 7 heteroatoms. The molecule has 0 aliphatic heterocycles. The van der Waals surface area contributed by atoms with Gasteiger partial charge in [-0.2, -0.15) is 0 Å².